The number of carbonyl (C=O) groups excluding carboxylic acids is 1. The van der Waals surface area contributed by atoms with E-state index in [4.69, 9.17) is 5.26 Å². The molecule has 1 fully saturated rings. The van der Waals surface area contributed by atoms with Crippen molar-refractivity contribution < 1.29 is 4.79 Å². The Morgan fingerprint density at radius 3 is 2.71 bits per heavy atom. The first-order valence-corrected chi connectivity index (χ1v) is 5.86. The molecule has 88 valence electrons. The monoisotopic (exact) mass is 229 g/mol. The fraction of sp³-hybridized carbons (Fsp3) is 0.462. The normalized spacial score (nSPS) is 15.5. The smallest absolute Gasteiger partial charge is 0.230 e. The van der Waals surface area contributed by atoms with Crippen LogP contribution in [0.5, 0.6) is 0 Å². The molecule has 0 atom stereocenters. The van der Waals surface area contributed by atoms with Crippen molar-refractivity contribution in [2.45, 2.75) is 25.7 Å². The second-order valence-electron chi connectivity index (χ2n) is 4.40. The van der Waals surface area contributed by atoms with E-state index in [-0.39, 0.29) is 11.8 Å². The molecule has 1 saturated carbocycles. The molecule has 0 aliphatic heterocycles. The summed E-state index contributed by atoms with van der Waals surface area (Å²) in [6.45, 7) is 0. The zero-order valence-electron chi connectivity index (χ0n) is 9.89. The van der Waals surface area contributed by atoms with Crippen LogP contribution in [-0.2, 0) is 4.79 Å². The van der Waals surface area contributed by atoms with E-state index in [1.54, 1.807) is 24.1 Å². The Bertz CT molecular complexity index is 441. The zero-order chi connectivity index (χ0) is 12.3. The van der Waals surface area contributed by atoms with Gasteiger partial charge in [0.1, 0.15) is 11.9 Å². The highest BCUT2D eigenvalue weighted by Gasteiger charge is 2.26. The number of rotatable bonds is 2. The van der Waals surface area contributed by atoms with Crippen molar-refractivity contribution in [2.75, 3.05) is 11.9 Å². The Labute approximate surface area is 101 Å². The number of nitrogens with zero attached hydrogens (tertiary/aromatic N) is 3. The molecule has 2 rings (SSSR count). The minimum atomic E-state index is 0.139. The quantitative estimate of drug-likeness (QED) is 0.780. The van der Waals surface area contributed by atoms with Crippen LogP contribution in [-0.4, -0.2) is 17.9 Å². The number of aromatic nitrogens is 1. The summed E-state index contributed by atoms with van der Waals surface area (Å²) in [7, 11) is 1.75. The van der Waals surface area contributed by atoms with Crippen LogP contribution >= 0.6 is 0 Å². The van der Waals surface area contributed by atoms with Crippen molar-refractivity contribution >= 4 is 11.7 Å². The number of hydrogen-bond acceptors (Lipinski definition) is 3. The van der Waals surface area contributed by atoms with Gasteiger partial charge in [0.25, 0.3) is 0 Å². The summed E-state index contributed by atoms with van der Waals surface area (Å²) in [5.74, 6) is 0.901. The lowest BCUT2D eigenvalue weighted by molar-refractivity contribution is -0.121. The van der Waals surface area contributed by atoms with Crippen molar-refractivity contribution in [1.82, 2.24) is 4.98 Å². The highest BCUT2D eigenvalue weighted by atomic mass is 16.2. The molecule has 0 spiro atoms. The number of pyridine rings is 1. The molecule has 1 aliphatic carbocycles. The largest absolute Gasteiger partial charge is 0.300 e. The Morgan fingerprint density at radius 1 is 1.47 bits per heavy atom. The minimum absolute atomic E-state index is 0.139. The first-order chi connectivity index (χ1) is 8.22. The molecule has 4 heteroatoms. The van der Waals surface area contributed by atoms with Crippen LogP contribution in [0, 0.1) is 17.2 Å². The van der Waals surface area contributed by atoms with Crippen LogP contribution in [0.4, 0.5) is 5.82 Å². The van der Waals surface area contributed by atoms with Gasteiger partial charge in [-0.3, -0.25) is 9.69 Å². The molecule has 4 nitrogen and oxygen atoms in total. The summed E-state index contributed by atoms with van der Waals surface area (Å²) >= 11 is 0. The summed E-state index contributed by atoms with van der Waals surface area (Å²) in [6, 6.07) is 5.41. The highest BCUT2D eigenvalue weighted by molar-refractivity contribution is 5.93. The fourth-order valence-electron chi connectivity index (χ4n) is 2.21. The van der Waals surface area contributed by atoms with Crippen LogP contribution in [0.15, 0.2) is 18.3 Å². The van der Waals surface area contributed by atoms with Gasteiger partial charge in [-0.25, -0.2) is 4.98 Å². The minimum Gasteiger partial charge on any atom is -0.300 e. The fourth-order valence-corrected chi connectivity index (χ4v) is 2.21. The SMILES string of the molecule is CN(C(=O)C1CCCC1)c1ccc(C#N)cn1. The van der Waals surface area contributed by atoms with Gasteiger partial charge in [-0.2, -0.15) is 5.26 Å². The van der Waals surface area contributed by atoms with Gasteiger partial charge in [0, 0.05) is 19.2 Å². The van der Waals surface area contributed by atoms with Crippen molar-refractivity contribution in [3.05, 3.63) is 23.9 Å². The predicted molar refractivity (Wildman–Crippen MR) is 64.3 cm³/mol. The number of nitriles is 1. The maximum atomic E-state index is 12.1. The first-order valence-electron chi connectivity index (χ1n) is 5.86. The Hall–Kier alpha value is -1.89. The maximum Gasteiger partial charge on any atom is 0.230 e. The summed E-state index contributed by atoms with van der Waals surface area (Å²) in [6.07, 6.45) is 5.75. The number of hydrogen-bond donors (Lipinski definition) is 0. The standard InChI is InChI=1S/C13H15N3O/c1-16(13(17)11-4-2-3-5-11)12-7-6-10(8-14)9-15-12/h6-7,9,11H,2-5H2,1H3. The molecule has 0 N–H and O–H groups in total. The van der Waals surface area contributed by atoms with Gasteiger partial charge in [-0.1, -0.05) is 12.8 Å². The molecule has 1 aromatic rings. The highest BCUT2D eigenvalue weighted by Crippen LogP contribution is 2.27. The lowest BCUT2D eigenvalue weighted by Gasteiger charge is -2.19. The molecule has 1 heterocycles. The molecule has 1 amide bonds. The Balaban J connectivity index is 2.10. The topological polar surface area (TPSA) is 57.0 Å². The van der Waals surface area contributed by atoms with E-state index < -0.39 is 0 Å². The van der Waals surface area contributed by atoms with Gasteiger partial charge < -0.3 is 0 Å². The third-order valence-corrected chi connectivity index (χ3v) is 3.26. The molecule has 1 aliphatic rings. The summed E-state index contributed by atoms with van der Waals surface area (Å²) in [5.41, 5.74) is 0.510. The number of amides is 1. The van der Waals surface area contributed by atoms with Gasteiger partial charge >= 0.3 is 0 Å². The van der Waals surface area contributed by atoms with E-state index in [0.717, 1.165) is 25.7 Å². The molecule has 0 bridgehead atoms. The van der Waals surface area contributed by atoms with Gasteiger partial charge in [0.05, 0.1) is 5.56 Å². The molecule has 1 aromatic heterocycles. The second kappa shape index (κ2) is 4.96. The van der Waals surface area contributed by atoms with E-state index >= 15 is 0 Å². The average molecular weight is 229 g/mol. The molecule has 0 saturated heterocycles. The van der Waals surface area contributed by atoms with Gasteiger partial charge in [-0.05, 0) is 25.0 Å². The number of carbonyl (C=O) groups is 1. The second-order valence-corrected chi connectivity index (χ2v) is 4.40. The molecule has 0 radical (unpaired) electrons. The summed E-state index contributed by atoms with van der Waals surface area (Å²) < 4.78 is 0. The lowest BCUT2D eigenvalue weighted by atomic mass is 10.1. The van der Waals surface area contributed by atoms with Crippen LogP contribution in [0.1, 0.15) is 31.2 Å². The predicted octanol–water partition coefficient (Wildman–Crippen LogP) is 2.11. The molecule has 0 aromatic carbocycles. The lowest BCUT2D eigenvalue weighted by Crippen LogP contribution is -2.32. The number of anilines is 1. The summed E-state index contributed by atoms with van der Waals surface area (Å²) in [4.78, 5) is 17.8. The van der Waals surface area contributed by atoms with Crippen molar-refractivity contribution in [1.29, 1.82) is 5.26 Å². The van der Waals surface area contributed by atoms with Crippen molar-refractivity contribution in [3.63, 3.8) is 0 Å². The third-order valence-electron chi connectivity index (χ3n) is 3.26. The third kappa shape index (κ3) is 2.44. The van der Waals surface area contributed by atoms with Gasteiger partial charge in [0.2, 0.25) is 5.91 Å². The summed E-state index contributed by atoms with van der Waals surface area (Å²) in [5, 5.41) is 8.68. The van der Waals surface area contributed by atoms with Crippen LogP contribution < -0.4 is 4.90 Å². The van der Waals surface area contributed by atoms with Gasteiger partial charge in [0.15, 0.2) is 0 Å². The van der Waals surface area contributed by atoms with E-state index in [9.17, 15) is 4.79 Å². The van der Waals surface area contributed by atoms with Crippen molar-refractivity contribution in [3.8, 4) is 6.07 Å². The molecular weight excluding hydrogens is 214 g/mol. The molecule has 17 heavy (non-hydrogen) atoms. The average Bonchev–Trinajstić information content (AvgIpc) is 2.91. The van der Waals surface area contributed by atoms with E-state index in [0.29, 0.717) is 11.4 Å². The Kier molecular flexibility index (Phi) is 3.38. The van der Waals surface area contributed by atoms with Crippen LogP contribution in [0.25, 0.3) is 0 Å². The van der Waals surface area contributed by atoms with Crippen LogP contribution in [0.2, 0.25) is 0 Å². The van der Waals surface area contributed by atoms with E-state index in [1.807, 2.05) is 6.07 Å². The maximum absolute atomic E-state index is 12.1. The molecular formula is C13H15N3O. The first kappa shape index (κ1) is 11.6. The van der Waals surface area contributed by atoms with E-state index in [1.165, 1.54) is 6.20 Å². The van der Waals surface area contributed by atoms with Gasteiger partial charge in [-0.15, -0.1) is 0 Å². The molecule has 0 unspecified atom stereocenters. The zero-order valence-corrected chi connectivity index (χ0v) is 9.89. The Morgan fingerprint density at radius 2 is 2.18 bits per heavy atom. The van der Waals surface area contributed by atoms with Crippen LogP contribution in [0.3, 0.4) is 0 Å². The van der Waals surface area contributed by atoms with E-state index in [2.05, 4.69) is 4.98 Å². The van der Waals surface area contributed by atoms with Crippen molar-refractivity contribution in [2.24, 2.45) is 5.92 Å².